The Morgan fingerprint density at radius 3 is 1.46 bits per heavy atom. The average molecular weight is 999 g/mol. The maximum Gasteiger partial charge on any atom is 0.254 e. The highest BCUT2D eigenvalue weighted by atomic mass is 15.3. The minimum Gasteiger partial charge on any atom is -0.311 e. The number of nitrogens with zero attached hydrogens (tertiary/aromatic N) is 4. The molecule has 0 saturated heterocycles. The zero-order chi connectivity index (χ0) is 54.1. The molecule has 0 saturated carbocycles. The smallest absolute Gasteiger partial charge is 0.254 e. The van der Waals surface area contributed by atoms with E-state index in [1.165, 1.54) is 55.5 Å². The van der Waals surface area contributed by atoms with Crippen LogP contribution in [0.2, 0.25) is 0 Å². The summed E-state index contributed by atoms with van der Waals surface area (Å²) in [6.45, 7) is 37.5. The fourth-order valence-corrected chi connectivity index (χ4v) is 12.3. The molecule has 0 atom stereocenters. The van der Waals surface area contributed by atoms with Crippen LogP contribution in [0, 0.1) is 0 Å². The van der Waals surface area contributed by atoms with Gasteiger partial charge in [-0.15, -0.1) is 0 Å². The zero-order valence-corrected chi connectivity index (χ0v) is 48.4. The normalized spacial score (nSPS) is 15.7. The average Bonchev–Trinajstić information content (AvgIpc) is 3.57. The Kier molecular flexibility index (Phi) is 12.1. The Bertz CT molecular complexity index is 3370. The highest BCUT2D eigenvalue weighted by Crippen LogP contribution is 2.52. The highest BCUT2D eigenvalue weighted by Gasteiger charge is 2.46. The standard InChI is InChI=1S/C71H79BN4/c1-66(2,3)47-26-32-51(33-27-47)74-60-38-30-49(68(7,8)9)42-57(60)72-58-43-50(69(10,11)12)31-39-61(58)76(52-34-28-48(29-35-52)67(4,5)6)65-64(72)62(74)45-63(73-65)75(59-25-21-20-24-54(59)46-22-18-17-19-23-46)53-36-37-55-56(44-53)71(15,16)41-40-70(55,13)14/h17-39,42-45H,40-41H2,1-16H3. The first-order valence-electron chi connectivity index (χ1n) is 28.0. The molecule has 3 aliphatic rings. The van der Waals surface area contributed by atoms with Crippen LogP contribution in [0.3, 0.4) is 0 Å². The summed E-state index contributed by atoms with van der Waals surface area (Å²) in [5.74, 6) is 1.81. The van der Waals surface area contributed by atoms with E-state index in [0.717, 1.165) is 69.7 Å². The summed E-state index contributed by atoms with van der Waals surface area (Å²) in [6.07, 6.45) is 2.28. The van der Waals surface area contributed by atoms with Gasteiger partial charge in [-0.2, -0.15) is 0 Å². The molecule has 8 aromatic rings. The van der Waals surface area contributed by atoms with Crippen LogP contribution >= 0.6 is 0 Å². The third kappa shape index (κ3) is 8.86. The first-order chi connectivity index (χ1) is 35.7. The molecule has 1 aliphatic carbocycles. The minimum atomic E-state index is -0.104. The van der Waals surface area contributed by atoms with Crippen molar-refractivity contribution in [3.8, 4) is 11.1 Å². The fraction of sp³-hybridized carbons (Fsp3) is 0.338. The molecule has 76 heavy (non-hydrogen) atoms. The SMILES string of the molecule is CC(C)(C)c1ccc(N2c3ccc(C(C)(C)C)cc3B3c4cc(C(C)(C)C)ccc4N(c4ccc(C(C)(C)C)cc4)c4nc(N(c5ccc6c(c5)C(C)(C)CCC6(C)C)c5ccccc5-c5ccccc5)cc2c43)cc1. The van der Waals surface area contributed by atoms with E-state index < -0.39 is 0 Å². The molecule has 7 aromatic carbocycles. The topological polar surface area (TPSA) is 22.6 Å². The lowest BCUT2D eigenvalue weighted by molar-refractivity contribution is 0.332. The van der Waals surface area contributed by atoms with Gasteiger partial charge in [-0.3, -0.25) is 9.80 Å². The second kappa shape index (κ2) is 17.9. The molecule has 0 N–H and O–H groups in total. The quantitative estimate of drug-likeness (QED) is 0.155. The predicted octanol–water partition coefficient (Wildman–Crippen LogP) is 17.8. The van der Waals surface area contributed by atoms with E-state index in [4.69, 9.17) is 4.98 Å². The van der Waals surface area contributed by atoms with Gasteiger partial charge in [-0.05, 0) is 155 Å². The minimum absolute atomic E-state index is 0.00312. The Morgan fingerprint density at radius 1 is 0.447 bits per heavy atom. The molecule has 0 spiro atoms. The molecule has 0 amide bonds. The van der Waals surface area contributed by atoms with Crippen LogP contribution in [-0.2, 0) is 32.5 Å². The monoisotopic (exact) mass is 999 g/mol. The van der Waals surface area contributed by atoms with Crippen molar-refractivity contribution < 1.29 is 0 Å². The van der Waals surface area contributed by atoms with E-state index in [1.54, 1.807) is 0 Å². The summed E-state index contributed by atoms with van der Waals surface area (Å²) in [7, 11) is 0. The van der Waals surface area contributed by atoms with Crippen LogP contribution in [0.15, 0.2) is 164 Å². The Labute approximate surface area is 456 Å². The molecule has 0 radical (unpaired) electrons. The van der Waals surface area contributed by atoms with Crippen molar-refractivity contribution in [1.29, 1.82) is 0 Å². The van der Waals surface area contributed by atoms with Crippen LogP contribution in [0.5, 0.6) is 0 Å². The highest BCUT2D eigenvalue weighted by molar-refractivity contribution is 7.00. The van der Waals surface area contributed by atoms with E-state index in [9.17, 15) is 0 Å². The number of para-hydroxylation sites is 1. The summed E-state index contributed by atoms with van der Waals surface area (Å²) < 4.78 is 0. The summed E-state index contributed by atoms with van der Waals surface area (Å²) in [6, 6.07) is 62.9. The van der Waals surface area contributed by atoms with Crippen molar-refractivity contribution in [2.24, 2.45) is 0 Å². The molecule has 5 heteroatoms. The van der Waals surface area contributed by atoms with E-state index in [0.29, 0.717) is 0 Å². The summed E-state index contributed by atoms with van der Waals surface area (Å²) in [5.41, 5.74) is 22.0. The van der Waals surface area contributed by atoms with Crippen LogP contribution in [0.1, 0.15) is 157 Å². The summed E-state index contributed by atoms with van der Waals surface area (Å²) >= 11 is 0. The number of fused-ring (bicyclic) bond motifs is 5. The molecule has 4 nitrogen and oxygen atoms in total. The largest absolute Gasteiger partial charge is 0.311 e. The second-order valence-electron chi connectivity index (χ2n) is 27.7. The van der Waals surface area contributed by atoms with Gasteiger partial charge >= 0.3 is 0 Å². The van der Waals surface area contributed by atoms with Gasteiger partial charge in [-0.25, -0.2) is 4.98 Å². The van der Waals surface area contributed by atoms with Crippen molar-refractivity contribution in [2.75, 3.05) is 14.7 Å². The number of anilines is 9. The molecule has 0 unspecified atom stereocenters. The molecule has 2 aliphatic heterocycles. The Balaban J connectivity index is 1.29. The van der Waals surface area contributed by atoms with Crippen molar-refractivity contribution in [1.82, 2.24) is 4.98 Å². The number of pyridine rings is 1. The predicted molar refractivity (Wildman–Crippen MR) is 328 cm³/mol. The molecule has 1 aromatic heterocycles. The first kappa shape index (κ1) is 51.3. The number of rotatable bonds is 6. The van der Waals surface area contributed by atoms with E-state index in [-0.39, 0.29) is 39.2 Å². The third-order valence-corrected chi connectivity index (χ3v) is 17.2. The van der Waals surface area contributed by atoms with E-state index in [1.807, 2.05) is 0 Å². The van der Waals surface area contributed by atoms with Gasteiger partial charge in [0.25, 0.3) is 6.71 Å². The third-order valence-electron chi connectivity index (χ3n) is 17.2. The zero-order valence-electron chi connectivity index (χ0n) is 48.4. The van der Waals surface area contributed by atoms with E-state index >= 15 is 0 Å². The van der Waals surface area contributed by atoms with Gasteiger partial charge in [0.2, 0.25) is 0 Å². The van der Waals surface area contributed by atoms with Crippen LogP contribution in [0.4, 0.5) is 51.4 Å². The number of benzene rings is 7. The van der Waals surface area contributed by atoms with Gasteiger partial charge in [0, 0.05) is 45.8 Å². The molecule has 386 valence electrons. The Morgan fingerprint density at radius 2 is 0.921 bits per heavy atom. The molecular weight excluding hydrogens is 920 g/mol. The van der Waals surface area contributed by atoms with Gasteiger partial charge in [0.1, 0.15) is 11.6 Å². The molecule has 11 rings (SSSR count). The van der Waals surface area contributed by atoms with Crippen LogP contribution in [-0.4, -0.2) is 11.7 Å². The molecule has 0 bridgehead atoms. The summed E-state index contributed by atoms with van der Waals surface area (Å²) in [5, 5.41) is 0. The van der Waals surface area contributed by atoms with Gasteiger partial charge in [-0.1, -0.05) is 214 Å². The lowest BCUT2D eigenvalue weighted by atomic mass is 9.33. The second-order valence-corrected chi connectivity index (χ2v) is 27.7. The van der Waals surface area contributed by atoms with Crippen molar-refractivity contribution >= 4 is 74.5 Å². The van der Waals surface area contributed by atoms with E-state index in [2.05, 4.69) is 289 Å². The van der Waals surface area contributed by atoms with Gasteiger partial charge < -0.3 is 4.90 Å². The number of hydrogen-bond donors (Lipinski definition) is 0. The van der Waals surface area contributed by atoms with Gasteiger partial charge in [0.05, 0.1) is 5.69 Å². The van der Waals surface area contributed by atoms with Crippen LogP contribution < -0.4 is 31.1 Å². The molecular formula is C71H79BN4. The fourth-order valence-electron chi connectivity index (χ4n) is 12.3. The maximum atomic E-state index is 6.21. The van der Waals surface area contributed by atoms with Gasteiger partial charge in [0.15, 0.2) is 0 Å². The lowest BCUT2D eigenvalue weighted by Gasteiger charge is -2.45. The van der Waals surface area contributed by atoms with Crippen molar-refractivity contribution in [3.05, 3.63) is 197 Å². The Hall–Kier alpha value is -6.85. The summed E-state index contributed by atoms with van der Waals surface area (Å²) in [4.78, 5) is 13.7. The van der Waals surface area contributed by atoms with Crippen molar-refractivity contribution in [3.63, 3.8) is 0 Å². The van der Waals surface area contributed by atoms with Crippen LogP contribution in [0.25, 0.3) is 11.1 Å². The molecule has 3 heterocycles. The molecule has 0 fully saturated rings. The lowest BCUT2D eigenvalue weighted by Crippen LogP contribution is -2.62. The maximum absolute atomic E-state index is 6.21. The number of hydrogen-bond acceptors (Lipinski definition) is 4. The number of aromatic nitrogens is 1. The van der Waals surface area contributed by atoms with Crippen molar-refractivity contribution in [2.45, 2.75) is 156 Å². The first-order valence-corrected chi connectivity index (χ1v) is 28.0.